The van der Waals surface area contributed by atoms with E-state index in [1.54, 1.807) is 6.92 Å². The number of rotatable bonds is 4. The summed E-state index contributed by atoms with van der Waals surface area (Å²) in [5, 5.41) is 10.9. The molecule has 9 heavy (non-hydrogen) atoms. The predicted octanol–water partition coefficient (Wildman–Crippen LogP) is 0.910. The third-order valence-corrected chi connectivity index (χ3v) is 1.08. The molecule has 4 nitrogen and oxygen atoms in total. The Morgan fingerprint density at radius 1 is 1.56 bits per heavy atom. The number of hydrogen-bond donors (Lipinski definition) is 0. The van der Waals surface area contributed by atoms with Crippen molar-refractivity contribution in [3.8, 4) is 0 Å². The van der Waals surface area contributed by atoms with Crippen molar-refractivity contribution in [3.63, 3.8) is 0 Å². The lowest BCUT2D eigenvalue weighted by molar-refractivity contribution is -0.654. The van der Waals surface area contributed by atoms with Crippen LogP contribution in [0.4, 0.5) is 0 Å². The summed E-state index contributed by atoms with van der Waals surface area (Å²) in [4.78, 5) is 10.1. The summed E-state index contributed by atoms with van der Waals surface area (Å²) in [6.07, 6.45) is 0.828. The molecule has 0 heterocycles. The zero-order valence-corrected chi connectivity index (χ0v) is 5.83. The van der Waals surface area contributed by atoms with Gasteiger partial charge in [-0.05, 0) is 13.3 Å². The van der Waals surface area contributed by atoms with Gasteiger partial charge < -0.3 is 0 Å². The summed E-state index contributed by atoms with van der Waals surface area (Å²) in [6, 6.07) is 0. The molecule has 0 aliphatic carbocycles. The zero-order chi connectivity index (χ0) is 7.28. The van der Waals surface area contributed by atoms with Crippen LogP contribution in [0.3, 0.4) is 0 Å². The molecule has 0 spiro atoms. The molecular weight excluding hydrogens is 120 g/mol. The average Bonchev–Trinajstić information content (AvgIpc) is 1.82. The first-order valence-corrected chi connectivity index (χ1v) is 3.11. The first-order valence-electron chi connectivity index (χ1n) is 3.11. The van der Waals surface area contributed by atoms with E-state index in [9.17, 15) is 10.1 Å². The summed E-state index contributed by atoms with van der Waals surface area (Å²) >= 11 is 0. The Morgan fingerprint density at radius 3 is 2.22 bits per heavy atom. The minimum absolute atomic E-state index is 0.358. The van der Waals surface area contributed by atoms with Gasteiger partial charge in [0.25, 0.3) is 0 Å². The van der Waals surface area contributed by atoms with Crippen molar-refractivity contribution in [1.82, 2.24) is 5.01 Å². The molecule has 0 aromatic carbocycles. The second-order valence-electron chi connectivity index (χ2n) is 1.78. The van der Waals surface area contributed by atoms with Crippen LogP contribution in [0.1, 0.15) is 20.3 Å². The van der Waals surface area contributed by atoms with E-state index in [1.807, 2.05) is 6.92 Å². The average molecular weight is 132 g/mol. The van der Waals surface area contributed by atoms with Gasteiger partial charge in [0, 0.05) is 0 Å². The maximum atomic E-state index is 10.1. The molecule has 0 saturated carbocycles. The van der Waals surface area contributed by atoms with Crippen LogP contribution in [-0.2, 0) is 0 Å². The van der Waals surface area contributed by atoms with Crippen LogP contribution in [0.25, 0.3) is 0 Å². The van der Waals surface area contributed by atoms with Gasteiger partial charge in [0.2, 0.25) is 0 Å². The lowest BCUT2D eigenvalue weighted by Gasteiger charge is -2.08. The number of hydrazine groups is 1. The Balaban J connectivity index is 3.54. The minimum Gasteiger partial charge on any atom is -0.235 e. The summed E-state index contributed by atoms with van der Waals surface area (Å²) in [5.41, 5.74) is 0. The van der Waals surface area contributed by atoms with E-state index in [1.165, 1.54) is 5.01 Å². The van der Waals surface area contributed by atoms with Gasteiger partial charge in [-0.25, -0.2) is 10.1 Å². The zero-order valence-electron chi connectivity index (χ0n) is 5.83. The Kier molecular flexibility index (Phi) is 3.75. The highest BCUT2D eigenvalue weighted by molar-refractivity contribution is 4.36. The maximum Gasteiger partial charge on any atom is 0.160 e. The highest BCUT2D eigenvalue weighted by atomic mass is 16.7. The van der Waals surface area contributed by atoms with Crippen LogP contribution in [0.2, 0.25) is 0 Å². The standard InChI is InChI=1S/C5H12N2O2/c1-3-5-6(4-2)7(8)9/h3-5H2,1-2H3. The molecule has 0 aromatic heterocycles. The van der Waals surface area contributed by atoms with E-state index in [2.05, 4.69) is 0 Å². The minimum atomic E-state index is -0.358. The number of hydrogen-bond acceptors (Lipinski definition) is 2. The second-order valence-corrected chi connectivity index (χ2v) is 1.78. The quantitative estimate of drug-likeness (QED) is 0.422. The van der Waals surface area contributed by atoms with Crippen LogP contribution >= 0.6 is 0 Å². The van der Waals surface area contributed by atoms with Gasteiger partial charge >= 0.3 is 0 Å². The van der Waals surface area contributed by atoms with Crippen molar-refractivity contribution in [1.29, 1.82) is 0 Å². The molecule has 0 bridgehead atoms. The lowest BCUT2D eigenvalue weighted by atomic mass is 10.5. The number of nitro groups is 1. The van der Waals surface area contributed by atoms with Crippen molar-refractivity contribution >= 4 is 0 Å². The van der Waals surface area contributed by atoms with Gasteiger partial charge in [-0.1, -0.05) is 6.92 Å². The molecule has 0 aliphatic rings. The van der Waals surface area contributed by atoms with Gasteiger partial charge in [-0.2, -0.15) is 0 Å². The number of nitrogens with zero attached hydrogens (tertiary/aromatic N) is 2. The van der Waals surface area contributed by atoms with E-state index in [-0.39, 0.29) is 5.03 Å². The van der Waals surface area contributed by atoms with Crippen LogP contribution in [0.5, 0.6) is 0 Å². The van der Waals surface area contributed by atoms with E-state index in [0.29, 0.717) is 13.1 Å². The molecule has 0 rings (SSSR count). The summed E-state index contributed by atoms with van der Waals surface area (Å²) < 4.78 is 0. The Labute approximate surface area is 54.6 Å². The van der Waals surface area contributed by atoms with Gasteiger partial charge in [0.05, 0.1) is 13.1 Å². The highest BCUT2D eigenvalue weighted by Crippen LogP contribution is 1.88. The van der Waals surface area contributed by atoms with Crippen molar-refractivity contribution < 1.29 is 5.03 Å². The monoisotopic (exact) mass is 132 g/mol. The normalized spacial score (nSPS) is 9.11. The van der Waals surface area contributed by atoms with E-state index in [0.717, 1.165) is 6.42 Å². The third kappa shape index (κ3) is 2.90. The Morgan fingerprint density at radius 2 is 2.11 bits per heavy atom. The fraction of sp³-hybridized carbons (Fsp3) is 1.00. The van der Waals surface area contributed by atoms with Crippen molar-refractivity contribution in [3.05, 3.63) is 10.1 Å². The highest BCUT2D eigenvalue weighted by Gasteiger charge is 2.07. The maximum absolute atomic E-state index is 10.1. The predicted molar refractivity (Wildman–Crippen MR) is 34.5 cm³/mol. The molecule has 0 unspecified atom stereocenters. The van der Waals surface area contributed by atoms with Crippen LogP contribution in [-0.4, -0.2) is 23.1 Å². The molecule has 54 valence electrons. The molecular formula is C5H12N2O2. The fourth-order valence-electron chi connectivity index (χ4n) is 0.613. The molecule has 0 aliphatic heterocycles. The topological polar surface area (TPSA) is 46.4 Å². The lowest BCUT2D eigenvalue weighted by Crippen LogP contribution is -2.30. The first kappa shape index (κ1) is 8.20. The summed E-state index contributed by atoms with van der Waals surface area (Å²) in [7, 11) is 0. The SMILES string of the molecule is CCCN(CC)[N+](=O)[O-]. The van der Waals surface area contributed by atoms with Crippen LogP contribution < -0.4 is 0 Å². The van der Waals surface area contributed by atoms with Gasteiger partial charge in [-0.15, -0.1) is 5.01 Å². The largest absolute Gasteiger partial charge is 0.235 e. The van der Waals surface area contributed by atoms with Gasteiger partial charge in [0.15, 0.2) is 5.03 Å². The fourth-order valence-corrected chi connectivity index (χ4v) is 0.613. The summed E-state index contributed by atoms with van der Waals surface area (Å²) in [6.45, 7) is 4.73. The van der Waals surface area contributed by atoms with E-state index < -0.39 is 0 Å². The third-order valence-electron chi connectivity index (χ3n) is 1.08. The molecule has 4 heteroatoms. The van der Waals surface area contributed by atoms with E-state index in [4.69, 9.17) is 0 Å². The molecule has 0 N–H and O–H groups in total. The van der Waals surface area contributed by atoms with Crippen molar-refractivity contribution in [2.45, 2.75) is 20.3 Å². The molecule has 0 atom stereocenters. The molecule has 0 saturated heterocycles. The molecule has 0 fully saturated rings. The first-order chi connectivity index (χ1) is 4.22. The summed E-state index contributed by atoms with van der Waals surface area (Å²) in [5.74, 6) is 0. The van der Waals surface area contributed by atoms with Gasteiger partial charge in [0.1, 0.15) is 0 Å². The molecule has 0 aromatic rings. The van der Waals surface area contributed by atoms with E-state index >= 15 is 0 Å². The smallest absolute Gasteiger partial charge is 0.160 e. The molecule has 0 radical (unpaired) electrons. The van der Waals surface area contributed by atoms with Crippen LogP contribution in [0, 0.1) is 10.1 Å². The second kappa shape index (κ2) is 4.12. The molecule has 0 amide bonds. The Bertz CT molecular complexity index is 95.0. The van der Waals surface area contributed by atoms with Crippen molar-refractivity contribution in [2.24, 2.45) is 0 Å². The van der Waals surface area contributed by atoms with Crippen LogP contribution in [0.15, 0.2) is 0 Å². The van der Waals surface area contributed by atoms with Gasteiger partial charge in [-0.3, -0.25) is 0 Å². The van der Waals surface area contributed by atoms with Crippen molar-refractivity contribution in [2.75, 3.05) is 13.1 Å². The Hall–Kier alpha value is -0.800.